The first-order valence-corrected chi connectivity index (χ1v) is 23.8. The summed E-state index contributed by atoms with van der Waals surface area (Å²) < 4.78 is 23.8. The van der Waals surface area contributed by atoms with Gasteiger partial charge in [-0.15, -0.1) is 0 Å². The molecule has 15 nitrogen and oxygen atoms in total. The fraction of sp³-hybridized carbons (Fsp3) is 0.913. The predicted octanol–water partition coefficient (Wildman–Crippen LogP) is 5.48. The van der Waals surface area contributed by atoms with E-state index < -0.39 is 96.9 Å². The lowest BCUT2D eigenvalue weighted by atomic mass is 9.90. The molecule has 0 radical (unpaired) electrons. The first-order valence-electron chi connectivity index (χ1n) is 23.8. The third kappa shape index (κ3) is 19.5. The molecule has 0 spiro atoms. The SMILES string of the molecule is CCCCCCCC(CC(=O)NC(CO)C(=O)NC(CO)CC(C)C)OC(=O)CC(CCCCCCC)OC(=O)CC(CCCCCCC)OC1OC2(O)C(C)C(O)C(O)C12. The summed E-state index contributed by atoms with van der Waals surface area (Å²) in [7, 11) is 0. The van der Waals surface area contributed by atoms with Gasteiger partial charge in [0.25, 0.3) is 0 Å². The smallest absolute Gasteiger partial charge is 0.309 e. The number of aliphatic hydroxyl groups is 5. The minimum atomic E-state index is -1.72. The number of fused-ring (bicyclic) bond motifs is 1. The molecule has 2 rings (SSSR count). The van der Waals surface area contributed by atoms with Crippen molar-refractivity contribution in [2.75, 3.05) is 13.2 Å². The summed E-state index contributed by atoms with van der Waals surface area (Å²) in [6.07, 6.45) is 9.85. The van der Waals surface area contributed by atoms with Crippen molar-refractivity contribution in [3.8, 4) is 0 Å². The lowest BCUT2D eigenvalue weighted by molar-refractivity contribution is -0.442. The van der Waals surface area contributed by atoms with E-state index in [1.165, 1.54) is 0 Å². The highest BCUT2D eigenvalue weighted by atomic mass is 16.8. The van der Waals surface area contributed by atoms with Crippen molar-refractivity contribution in [1.29, 1.82) is 0 Å². The largest absolute Gasteiger partial charge is 0.462 e. The molecule has 356 valence electrons. The van der Waals surface area contributed by atoms with Gasteiger partial charge in [-0.1, -0.05) is 125 Å². The third-order valence-corrected chi connectivity index (χ3v) is 12.1. The standard InChI is InChI=1S/C46H84N2O13/c1-7-10-13-16-19-22-34(26-38(51)48-37(30-50)44(56)47-33(29-49)25-31(4)5)58-39(52)27-35(23-20-17-14-11-8-2)59-40(53)28-36(24-21-18-15-12-9-3)60-45-41-43(55)42(54)32(6)46(41,57)61-45/h31-37,41-43,45,49-50,54-55,57H,7-30H2,1-6H3,(H,47,56)(H,48,51). The van der Waals surface area contributed by atoms with Gasteiger partial charge in [0, 0.05) is 5.92 Å². The maximum atomic E-state index is 13.6. The fourth-order valence-electron chi connectivity index (χ4n) is 8.43. The van der Waals surface area contributed by atoms with Crippen molar-refractivity contribution in [2.24, 2.45) is 17.8 Å². The number of unbranched alkanes of at least 4 members (excludes halogenated alkanes) is 12. The number of aliphatic hydroxyl groups excluding tert-OH is 4. The van der Waals surface area contributed by atoms with Crippen LogP contribution in [0.2, 0.25) is 0 Å². The van der Waals surface area contributed by atoms with Gasteiger partial charge < -0.3 is 55.1 Å². The molecular weight excluding hydrogens is 789 g/mol. The van der Waals surface area contributed by atoms with Gasteiger partial charge in [0.1, 0.15) is 18.2 Å². The molecule has 61 heavy (non-hydrogen) atoms. The number of carbonyl (C=O) groups excluding carboxylic acids is 4. The number of esters is 2. The molecule has 2 aliphatic rings. The molecule has 2 amide bonds. The zero-order valence-electron chi connectivity index (χ0n) is 38.3. The quantitative estimate of drug-likeness (QED) is 0.0310. The Morgan fingerprint density at radius 1 is 0.656 bits per heavy atom. The van der Waals surface area contributed by atoms with Crippen LogP contribution in [0.25, 0.3) is 0 Å². The minimum Gasteiger partial charge on any atom is -0.462 e. The number of hydrogen-bond donors (Lipinski definition) is 7. The maximum Gasteiger partial charge on any atom is 0.309 e. The molecular formula is C46H84N2O13. The van der Waals surface area contributed by atoms with E-state index in [0.29, 0.717) is 32.1 Å². The van der Waals surface area contributed by atoms with E-state index >= 15 is 0 Å². The van der Waals surface area contributed by atoms with E-state index in [1.807, 2.05) is 13.8 Å². The van der Waals surface area contributed by atoms with Gasteiger partial charge in [-0.25, -0.2) is 0 Å². The topological polar surface area (TPSA) is 230 Å². The second kappa shape index (κ2) is 29.9. The molecule has 15 heteroatoms. The van der Waals surface area contributed by atoms with Gasteiger partial charge in [0.05, 0.1) is 62.7 Å². The zero-order chi connectivity index (χ0) is 45.4. The van der Waals surface area contributed by atoms with Crippen LogP contribution in [0.15, 0.2) is 0 Å². The number of rotatable bonds is 35. The summed E-state index contributed by atoms with van der Waals surface area (Å²) in [5.41, 5.74) is 0. The van der Waals surface area contributed by atoms with Crippen molar-refractivity contribution < 1.29 is 63.7 Å². The Balaban J connectivity index is 2.15. The van der Waals surface area contributed by atoms with Crippen LogP contribution in [-0.2, 0) is 38.1 Å². The summed E-state index contributed by atoms with van der Waals surface area (Å²) in [6, 6.07) is -1.79. The molecule has 1 saturated heterocycles. The average molecular weight is 873 g/mol. The molecule has 2 fully saturated rings. The van der Waals surface area contributed by atoms with E-state index in [0.717, 1.165) is 89.9 Å². The van der Waals surface area contributed by atoms with Crippen LogP contribution in [0, 0.1) is 17.8 Å². The van der Waals surface area contributed by atoms with Gasteiger partial charge in [0.2, 0.25) is 11.8 Å². The van der Waals surface area contributed by atoms with Crippen LogP contribution in [0.3, 0.4) is 0 Å². The predicted molar refractivity (Wildman–Crippen MR) is 231 cm³/mol. The molecule has 1 heterocycles. The Morgan fingerprint density at radius 2 is 1.13 bits per heavy atom. The zero-order valence-corrected chi connectivity index (χ0v) is 38.3. The molecule has 7 N–H and O–H groups in total. The lowest BCUT2D eigenvalue weighted by Crippen LogP contribution is -2.63. The highest BCUT2D eigenvalue weighted by Crippen LogP contribution is 2.53. The highest BCUT2D eigenvalue weighted by molar-refractivity contribution is 5.88. The van der Waals surface area contributed by atoms with Crippen LogP contribution in [0.5, 0.6) is 0 Å². The third-order valence-electron chi connectivity index (χ3n) is 12.1. The summed E-state index contributed by atoms with van der Waals surface area (Å²) in [5, 5.41) is 56.9. The molecule has 1 aliphatic carbocycles. The van der Waals surface area contributed by atoms with Crippen molar-refractivity contribution in [3.05, 3.63) is 0 Å². The first-order chi connectivity index (χ1) is 29.1. The minimum absolute atomic E-state index is 0.148. The van der Waals surface area contributed by atoms with Crippen molar-refractivity contribution >= 4 is 23.8 Å². The van der Waals surface area contributed by atoms with Crippen molar-refractivity contribution in [3.63, 3.8) is 0 Å². The van der Waals surface area contributed by atoms with E-state index in [4.69, 9.17) is 18.9 Å². The van der Waals surface area contributed by atoms with Crippen LogP contribution in [0.1, 0.15) is 183 Å². The van der Waals surface area contributed by atoms with E-state index in [9.17, 15) is 44.7 Å². The normalized spacial score (nSPS) is 24.6. The van der Waals surface area contributed by atoms with Crippen LogP contribution in [-0.4, -0.2) is 117 Å². The van der Waals surface area contributed by atoms with E-state index in [-0.39, 0.29) is 31.8 Å². The summed E-state index contributed by atoms with van der Waals surface area (Å²) in [5.74, 6) is -5.51. The second-order valence-electron chi connectivity index (χ2n) is 18.1. The van der Waals surface area contributed by atoms with Gasteiger partial charge in [-0.2, -0.15) is 0 Å². The first kappa shape index (κ1) is 54.7. The Labute approximate surface area is 365 Å². The van der Waals surface area contributed by atoms with Gasteiger partial charge >= 0.3 is 11.9 Å². The number of amides is 2. The van der Waals surface area contributed by atoms with Gasteiger partial charge in [-0.05, 0) is 44.4 Å². The summed E-state index contributed by atoms with van der Waals surface area (Å²) in [6.45, 7) is 10.9. The number of hydrogen-bond acceptors (Lipinski definition) is 13. The Bertz CT molecular complexity index is 1260. The number of carbonyl (C=O) groups is 4. The van der Waals surface area contributed by atoms with Crippen LogP contribution >= 0.6 is 0 Å². The number of ether oxygens (including phenoxy) is 4. The highest BCUT2D eigenvalue weighted by Gasteiger charge is 2.70. The Kier molecular flexibility index (Phi) is 26.8. The van der Waals surface area contributed by atoms with E-state index in [2.05, 4.69) is 31.4 Å². The van der Waals surface area contributed by atoms with Crippen LogP contribution < -0.4 is 10.6 Å². The second-order valence-corrected chi connectivity index (χ2v) is 18.1. The molecule has 11 unspecified atom stereocenters. The number of nitrogens with one attached hydrogen (secondary N) is 2. The van der Waals surface area contributed by atoms with E-state index in [1.54, 1.807) is 6.92 Å². The monoisotopic (exact) mass is 873 g/mol. The maximum absolute atomic E-state index is 13.6. The molecule has 0 aromatic heterocycles. The van der Waals surface area contributed by atoms with Gasteiger partial charge in [-0.3, -0.25) is 19.2 Å². The fourth-order valence-corrected chi connectivity index (χ4v) is 8.43. The van der Waals surface area contributed by atoms with Crippen molar-refractivity contribution in [2.45, 2.75) is 237 Å². The molecule has 1 saturated carbocycles. The average Bonchev–Trinajstić information content (AvgIpc) is 3.32. The summed E-state index contributed by atoms with van der Waals surface area (Å²) in [4.78, 5) is 53.4. The molecule has 0 bridgehead atoms. The Hall–Kier alpha value is -2.40. The Morgan fingerprint density at radius 3 is 1.59 bits per heavy atom. The van der Waals surface area contributed by atoms with Crippen LogP contribution in [0.4, 0.5) is 0 Å². The molecule has 0 aromatic carbocycles. The lowest BCUT2D eigenvalue weighted by Gasteiger charge is -2.50. The van der Waals surface area contributed by atoms with Crippen molar-refractivity contribution in [1.82, 2.24) is 10.6 Å². The molecule has 0 aromatic rings. The molecule has 11 atom stereocenters. The van der Waals surface area contributed by atoms with Gasteiger partial charge in [0.15, 0.2) is 12.1 Å². The molecule has 1 aliphatic heterocycles. The summed E-state index contributed by atoms with van der Waals surface area (Å²) >= 11 is 0.